The molecule has 1 saturated carbocycles. The molecule has 1 aliphatic carbocycles. The first-order valence-electron chi connectivity index (χ1n) is 8.27. The van der Waals surface area contributed by atoms with Crippen molar-refractivity contribution in [1.29, 1.82) is 10.5 Å². The molecule has 7 heteroatoms. The molecule has 0 radical (unpaired) electrons. The second-order valence-electron chi connectivity index (χ2n) is 6.16. The molecule has 0 unspecified atom stereocenters. The normalized spacial score (nSPS) is 12.4. The third-order valence-corrected chi connectivity index (χ3v) is 4.22. The van der Waals surface area contributed by atoms with Crippen LogP contribution in [0.5, 0.6) is 0 Å². The highest BCUT2D eigenvalue weighted by Crippen LogP contribution is 2.41. The Morgan fingerprint density at radius 1 is 0.963 bits per heavy atom. The van der Waals surface area contributed by atoms with Crippen LogP contribution in [0.15, 0.2) is 48.8 Å². The summed E-state index contributed by atoms with van der Waals surface area (Å²) in [5.41, 5.74) is 3.79. The summed E-state index contributed by atoms with van der Waals surface area (Å²) in [7, 11) is 0. The largest absolute Gasteiger partial charge is 0.325 e. The first-order chi connectivity index (χ1) is 12.7. The van der Waals surface area contributed by atoms with E-state index in [0.717, 1.165) is 11.3 Å². The van der Waals surface area contributed by atoms with Gasteiger partial charge in [0.15, 0.2) is 0 Å². The van der Waals surface area contributed by atoms with Gasteiger partial charge in [-0.15, -0.1) is 12.4 Å². The molecule has 0 saturated heterocycles. The van der Waals surface area contributed by atoms with Gasteiger partial charge in [-0.1, -0.05) is 0 Å². The van der Waals surface area contributed by atoms with Gasteiger partial charge < -0.3 is 5.32 Å². The van der Waals surface area contributed by atoms with E-state index in [4.69, 9.17) is 10.5 Å². The lowest BCUT2D eigenvalue weighted by atomic mass is 10.1. The van der Waals surface area contributed by atoms with Gasteiger partial charge in [-0.2, -0.15) is 10.5 Å². The van der Waals surface area contributed by atoms with E-state index in [0.29, 0.717) is 28.8 Å². The van der Waals surface area contributed by atoms with Crippen molar-refractivity contribution in [2.24, 2.45) is 0 Å². The zero-order valence-corrected chi connectivity index (χ0v) is 15.1. The summed E-state index contributed by atoms with van der Waals surface area (Å²) >= 11 is 0. The summed E-state index contributed by atoms with van der Waals surface area (Å²) in [5, 5.41) is 21.1. The molecule has 3 aromatic heterocycles. The maximum Gasteiger partial charge on any atom is 0.140 e. The number of rotatable bonds is 4. The fourth-order valence-corrected chi connectivity index (χ4v) is 2.73. The van der Waals surface area contributed by atoms with Gasteiger partial charge >= 0.3 is 0 Å². The Morgan fingerprint density at radius 2 is 1.81 bits per heavy atom. The van der Waals surface area contributed by atoms with Gasteiger partial charge in [0.25, 0.3) is 0 Å². The van der Waals surface area contributed by atoms with Crippen molar-refractivity contribution in [3.8, 4) is 23.4 Å². The average Bonchev–Trinajstić information content (AvgIpc) is 3.53. The maximum atomic E-state index is 9.04. The highest BCUT2D eigenvalue weighted by Gasteiger charge is 2.25. The monoisotopic (exact) mass is 374 g/mol. The van der Waals surface area contributed by atoms with Crippen molar-refractivity contribution in [3.05, 3.63) is 65.6 Å². The fraction of sp³-hybridized carbons (Fsp3) is 0.150. The first-order valence-corrected chi connectivity index (χ1v) is 8.27. The van der Waals surface area contributed by atoms with Crippen molar-refractivity contribution in [1.82, 2.24) is 15.0 Å². The van der Waals surface area contributed by atoms with E-state index < -0.39 is 0 Å². The average molecular weight is 375 g/mol. The Kier molecular flexibility index (Phi) is 5.30. The number of pyridine rings is 3. The molecule has 3 aromatic rings. The van der Waals surface area contributed by atoms with E-state index >= 15 is 0 Å². The molecular formula is C20H15ClN6. The van der Waals surface area contributed by atoms with Gasteiger partial charge in [-0.25, -0.2) is 15.0 Å². The van der Waals surface area contributed by atoms with Crippen LogP contribution in [0, 0.1) is 22.7 Å². The number of nitrogens with one attached hydrogen (secondary N) is 1. The number of hydrogen-bond donors (Lipinski definition) is 1. The Labute approximate surface area is 163 Å². The second kappa shape index (κ2) is 7.82. The molecule has 6 nitrogen and oxygen atoms in total. The van der Waals surface area contributed by atoms with Crippen molar-refractivity contribution < 1.29 is 0 Å². The van der Waals surface area contributed by atoms with Crippen LogP contribution >= 0.6 is 12.4 Å². The molecule has 4 rings (SSSR count). The molecule has 3 heterocycles. The molecule has 0 amide bonds. The molecule has 132 valence electrons. The Balaban J connectivity index is 0.00000210. The molecule has 1 N–H and O–H groups in total. The minimum atomic E-state index is 0. The van der Waals surface area contributed by atoms with Crippen LogP contribution in [0.4, 0.5) is 11.6 Å². The van der Waals surface area contributed by atoms with Crippen LogP contribution in [-0.4, -0.2) is 15.0 Å². The quantitative estimate of drug-likeness (QED) is 0.729. The lowest BCUT2D eigenvalue weighted by molar-refractivity contribution is 1.11. The third-order valence-electron chi connectivity index (χ3n) is 4.22. The standard InChI is InChI=1S/C20H14N6.ClH/c21-10-13-5-6-23-19(7-13)26-20-9-16(14-1-2-14)8-18(25-20)15-3-4-17(11-22)24-12-15;/h3-9,12,14H,1-2H2,(H,23,25,26);1H. The molecule has 0 atom stereocenters. The van der Waals surface area contributed by atoms with Crippen LogP contribution in [0.25, 0.3) is 11.3 Å². The smallest absolute Gasteiger partial charge is 0.140 e. The highest BCUT2D eigenvalue weighted by molar-refractivity contribution is 5.85. The number of nitrogens with zero attached hydrogens (tertiary/aromatic N) is 5. The molecule has 0 aromatic carbocycles. The molecule has 0 spiro atoms. The van der Waals surface area contributed by atoms with Crippen LogP contribution in [0.2, 0.25) is 0 Å². The van der Waals surface area contributed by atoms with Crippen LogP contribution < -0.4 is 5.32 Å². The summed E-state index contributed by atoms with van der Waals surface area (Å²) in [6.45, 7) is 0. The van der Waals surface area contributed by atoms with Crippen LogP contribution in [0.3, 0.4) is 0 Å². The van der Waals surface area contributed by atoms with Crippen molar-refractivity contribution in [2.75, 3.05) is 5.32 Å². The molecular weight excluding hydrogens is 360 g/mol. The predicted molar refractivity (Wildman–Crippen MR) is 104 cm³/mol. The van der Waals surface area contributed by atoms with Gasteiger partial charge in [0.1, 0.15) is 23.4 Å². The van der Waals surface area contributed by atoms with Crippen molar-refractivity contribution in [3.63, 3.8) is 0 Å². The minimum Gasteiger partial charge on any atom is -0.325 e. The second-order valence-corrected chi connectivity index (χ2v) is 6.16. The lowest BCUT2D eigenvalue weighted by Gasteiger charge is -2.10. The number of anilines is 2. The summed E-state index contributed by atoms with van der Waals surface area (Å²) in [6.07, 6.45) is 5.61. The van der Waals surface area contributed by atoms with E-state index in [1.807, 2.05) is 18.2 Å². The van der Waals surface area contributed by atoms with Gasteiger partial charge in [-0.05, 0) is 60.7 Å². The molecule has 0 bridgehead atoms. The van der Waals surface area contributed by atoms with E-state index in [-0.39, 0.29) is 12.4 Å². The molecule has 27 heavy (non-hydrogen) atoms. The maximum absolute atomic E-state index is 9.04. The fourth-order valence-electron chi connectivity index (χ4n) is 2.73. The molecule has 0 aliphatic heterocycles. The van der Waals surface area contributed by atoms with Crippen LogP contribution in [0.1, 0.15) is 35.6 Å². The highest BCUT2D eigenvalue weighted by atomic mass is 35.5. The summed E-state index contributed by atoms with van der Waals surface area (Å²) in [4.78, 5) is 13.0. The summed E-state index contributed by atoms with van der Waals surface area (Å²) in [5.74, 6) is 1.81. The third kappa shape index (κ3) is 4.20. The Bertz CT molecular complexity index is 1050. The van der Waals surface area contributed by atoms with Crippen molar-refractivity contribution in [2.45, 2.75) is 18.8 Å². The number of nitriles is 2. The zero-order chi connectivity index (χ0) is 17.9. The van der Waals surface area contributed by atoms with Gasteiger partial charge in [0, 0.05) is 18.0 Å². The first kappa shape index (κ1) is 18.3. The number of hydrogen-bond acceptors (Lipinski definition) is 6. The van der Waals surface area contributed by atoms with Gasteiger partial charge in [0.05, 0.1) is 17.3 Å². The van der Waals surface area contributed by atoms with Crippen LogP contribution in [-0.2, 0) is 0 Å². The van der Waals surface area contributed by atoms with Gasteiger partial charge in [-0.3, -0.25) is 0 Å². The van der Waals surface area contributed by atoms with E-state index in [1.165, 1.54) is 18.4 Å². The summed E-state index contributed by atoms with van der Waals surface area (Å²) < 4.78 is 0. The lowest BCUT2D eigenvalue weighted by Crippen LogP contribution is -1.99. The Hall–Kier alpha value is -3.48. The predicted octanol–water partition coefficient (Wildman–Crippen LogP) is 4.32. The number of aromatic nitrogens is 3. The summed E-state index contributed by atoms with van der Waals surface area (Å²) in [6, 6.07) is 15.1. The Morgan fingerprint density at radius 3 is 2.48 bits per heavy atom. The van der Waals surface area contributed by atoms with E-state index in [1.54, 1.807) is 30.6 Å². The SMILES string of the molecule is Cl.N#Cc1ccnc(Nc2cc(C3CC3)cc(-c3ccc(C#N)nc3)n2)c1. The van der Waals surface area contributed by atoms with E-state index in [9.17, 15) is 0 Å². The topological polar surface area (TPSA) is 98.3 Å². The van der Waals surface area contributed by atoms with Crippen molar-refractivity contribution >= 4 is 24.0 Å². The molecule has 1 aliphatic rings. The number of halogens is 1. The molecule has 1 fully saturated rings. The zero-order valence-electron chi connectivity index (χ0n) is 14.3. The minimum absolute atomic E-state index is 0. The van der Waals surface area contributed by atoms with Gasteiger partial charge in [0.2, 0.25) is 0 Å². The van der Waals surface area contributed by atoms with E-state index in [2.05, 4.69) is 32.4 Å².